The minimum Gasteiger partial charge on any atom is -0.361 e. The second kappa shape index (κ2) is 9.68. The van der Waals surface area contributed by atoms with Crippen molar-refractivity contribution in [2.75, 3.05) is 30.9 Å². The van der Waals surface area contributed by atoms with Gasteiger partial charge in [0.15, 0.2) is 0 Å². The van der Waals surface area contributed by atoms with Crippen LogP contribution < -0.4 is 5.32 Å². The van der Waals surface area contributed by atoms with Crippen LogP contribution >= 0.6 is 23.5 Å². The number of thioether (sulfide) groups is 2. The fourth-order valence-corrected chi connectivity index (χ4v) is 3.97. The largest absolute Gasteiger partial charge is 0.361 e. The molecular formula is C18H23N3O3S2. The predicted octanol–water partition coefficient (Wildman–Crippen LogP) is 3.34. The van der Waals surface area contributed by atoms with E-state index in [2.05, 4.69) is 10.5 Å². The highest BCUT2D eigenvalue weighted by Gasteiger charge is 2.15. The highest BCUT2D eigenvalue weighted by Crippen LogP contribution is 2.24. The Labute approximate surface area is 162 Å². The van der Waals surface area contributed by atoms with Gasteiger partial charge in [0.05, 0.1) is 23.7 Å². The van der Waals surface area contributed by atoms with Crippen molar-refractivity contribution in [3.63, 3.8) is 0 Å². The molecule has 8 heteroatoms. The lowest BCUT2D eigenvalue weighted by molar-refractivity contribution is -0.131. The normalized spacial score (nSPS) is 10.6. The van der Waals surface area contributed by atoms with Gasteiger partial charge in [0.25, 0.3) is 0 Å². The number of hydrogen-bond acceptors (Lipinski definition) is 6. The van der Waals surface area contributed by atoms with Crippen LogP contribution in [0.3, 0.4) is 0 Å². The van der Waals surface area contributed by atoms with Crippen LogP contribution in [0, 0.1) is 13.8 Å². The third kappa shape index (κ3) is 5.54. The molecule has 0 spiro atoms. The molecule has 0 saturated carbocycles. The Balaban J connectivity index is 1.80. The number of anilines is 1. The van der Waals surface area contributed by atoms with Gasteiger partial charge >= 0.3 is 0 Å². The topological polar surface area (TPSA) is 75.4 Å². The Morgan fingerprint density at radius 1 is 1.27 bits per heavy atom. The lowest BCUT2D eigenvalue weighted by Crippen LogP contribution is -2.36. The lowest BCUT2D eigenvalue weighted by atomic mass is 10.2. The Kier molecular flexibility index (Phi) is 7.59. The maximum absolute atomic E-state index is 12.2. The van der Waals surface area contributed by atoms with Crippen molar-refractivity contribution in [2.45, 2.75) is 24.5 Å². The highest BCUT2D eigenvalue weighted by molar-refractivity contribution is 7.99. The number of para-hydroxylation sites is 1. The van der Waals surface area contributed by atoms with Crippen molar-refractivity contribution in [1.82, 2.24) is 10.1 Å². The molecule has 0 radical (unpaired) electrons. The van der Waals surface area contributed by atoms with Gasteiger partial charge in [-0.3, -0.25) is 9.59 Å². The number of carbonyl (C=O) groups excluding carboxylic acids is 2. The van der Waals surface area contributed by atoms with Gasteiger partial charge in [-0.2, -0.15) is 0 Å². The molecule has 140 valence electrons. The number of likely N-dealkylation sites (N-methyl/N-ethyl adjacent to an activating group) is 1. The first-order chi connectivity index (χ1) is 12.4. The zero-order valence-electron chi connectivity index (χ0n) is 15.4. The van der Waals surface area contributed by atoms with E-state index in [0.717, 1.165) is 27.6 Å². The third-order valence-corrected chi connectivity index (χ3v) is 5.58. The molecular weight excluding hydrogens is 370 g/mol. The second-order valence-corrected chi connectivity index (χ2v) is 7.63. The zero-order valence-corrected chi connectivity index (χ0v) is 17.0. The van der Waals surface area contributed by atoms with Crippen molar-refractivity contribution < 1.29 is 14.1 Å². The minimum absolute atomic E-state index is 0.0213. The summed E-state index contributed by atoms with van der Waals surface area (Å²) in [6, 6.07) is 7.59. The van der Waals surface area contributed by atoms with Crippen LogP contribution in [0.2, 0.25) is 0 Å². The van der Waals surface area contributed by atoms with Crippen molar-refractivity contribution in [3.05, 3.63) is 41.3 Å². The van der Waals surface area contributed by atoms with E-state index in [9.17, 15) is 9.59 Å². The summed E-state index contributed by atoms with van der Waals surface area (Å²) in [4.78, 5) is 26.9. The van der Waals surface area contributed by atoms with E-state index >= 15 is 0 Å². The van der Waals surface area contributed by atoms with Gasteiger partial charge in [-0.15, -0.1) is 23.5 Å². The summed E-state index contributed by atoms with van der Waals surface area (Å²) in [6.45, 7) is 3.77. The number of benzene rings is 1. The highest BCUT2D eigenvalue weighted by atomic mass is 32.2. The first-order valence-corrected chi connectivity index (χ1v) is 10.5. The molecule has 0 fully saturated rings. The lowest BCUT2D eigenvalue weighted by Gasteiger charge is -2.17. The third-order valence-electron chi connectivity index (χ3n) is 3.84. The van der Waals surface area contributed by atoms with E-state index < -0.39 is 0 Å². The SMILES string of the molecule is CSc1ccccc1NC(=O)CN(C)C(=O)CSCc1c(C)noc1C. The molecule has 6 nitrogen and oxygen atoms in total. The van der Waals surface area contributed by atoms with E-state index in [4.69, 9.17) is 4.52 Å². The van der Waals surface area contributed by atoms with Crippen LogP contribution in [-0.4, -0.2) is 47.5 Å². The first-order valence-electron chi connectivity index (χ1n) is 8.08. The van der Waals surface area contributed by atoms with Gasteiger partial charge in [0, 0.05) is 23.3 Å². The molecule has 1 N–H and O–H groups in total. The summed E-state index contributed by atoms with van der Waals surface area (Å²) in [6.07, 6.45) is 1.96. The monoisotopic (exact) mass is 393 g/mol. The summed E-state index contributed by atoms with van der Waals surface area (Å²) in [7, 11) is 1.64. The average Bonchev–Trinajstić information content (AvgIpc) is 2.93. The Bertz CT molecular complexity index is 757. The maximum Gasteiger partial charge on any atom is 0.244 e. The van der Waals surface area contributed by atoms with Crippen LogP contribution in [0.15, 0.2) is 33.7 Å². The molecule has 26 heavy (non-hydrogen) atoms. The number of carbonyl (C=O) groups is 2. The number of aromatic nitrogens is 1. The molecule has 0 aliphatic heterocycles. The van der Waals surface area contributed by atoms with Gasteiger partial charge < -0.3 is 14.7 Å². The quantitative estimate of drug-likeness (QED) is 0.693. The maximum atomic E-state index is 12.2. The Morgan fingerprint density at radius 2 is 2.00 bits per heavy atom. The number of amides is 2. The van der Waals surface area contributed by atoms with E-state index in [-0.39, 0.29) is 18.4 Å². The fraction of sp³-hybridized carbons (Fsp3) is 0.389. The van der Waals surface area contributed by atoms with Gasteiger partial charge in [-0.05, 0) is 32.2 Å². The smallest absolute Gasteiger partial charge is 0.244 e. The molecule has 0 aliphatic carbocycles. The molecule has 0 atom stereocenters. The summed E-state index contributed by atoms with van der Waals surface area (Å²) >= 11 is 3.05. The standard InChI is InChI=1S/C18H23N3O3S2/c1-12-14(13(2)24-20-12)10-26-11-18(23)21(3)9-17(22)19-15-7-5-6-8-16(15)25-4/h5-8H,9-11H2,1-4H3,(H,19,22). The zero-order chi connectivity index (χ0) is 19.1. The van der Waals surface area contributed by atoms with Gasteiger partial charge in [0.2, 0.25) is 11.8 Å². The molecule has 0 saturated heterocycles. The Morgan fingerprint density at radius 3 is 2.65 bits per heavy atom. The van der Waals surface area contributed by atoms with Crippen LogP contribution in [0.25, 0.3) is 0 Å². The van der Waals surface area contributed by atoms with Crippen molar-refractivity contribution in [3.8, 4) is 0 Å². The fourth-order valence-electron chi connectivity index (χ4n) is 2.30. The van der Waals surface area contributed by atoms with Crippen LogP contribution in [0.5, 0.6) is 0 Å². The van der Waals surface area contributed by atoms with Gasteiger partial charge in [-0.1, -0.05) is 17.3 Å². The number of rotatable bonds is 8. The number of nitrogens with zero attached hydrogens (tertiary/aromatic N) is 2. The van der Waals surface area contributed by atoms with E-state index in [0.29, 0.717) is 11.5 Å². The average molecular weight is 394 g/mol. The number of nitrogens with one attached hydrogen (secondary N) is 1. The summed E-state index contributed by atoms with van der Waals surface area (Å²) < 4.78 is 5.12. The molecule has 2 aromatic rings. The van der Waals surface area contributed by atoms with Crippen molar-refractivity contribution in [1.29, 1.82) is 0 Å². The summed E-state index contributed by atoms with van der Waals surface area (Å²) in [5.41, 5.74) is 2.64. The minimum atomic E-state index is -0.210. The molecule has 2 amide bonds. The van der Waals surface area contributed by atoms with Crippen LogP contribution in [0.1, 0.15) is 17.0 Å². The molecule has 1 aromatic heterocycles. The van der Waals surface area contributed by atoms with Gasteiger partial charge in [-0.25, -0.2) is 0 Å². The predicted molar refractivity (Wildman–Crippen MR) is 107 cm³/mol. The van der Waals surface area contributed by atoms with E-state index in [1.807, 2.05) is 44.4 Å². The molecule has 1 aromatic carbocycles. The van der Waals surface area contributed by atoms with Crippen molar-refractivity contribution >= 4 is 41.0 Å². The van der Waals surface area contributed by atoms with Crippen LogP contribution in [-0.2, 0) is 15.3 Å². The van der Waals surface area contributed by atoms with E-state index in [1.165, 1.54) is 16.7 Å². The second-order valence-electron chi connectivity index (χ2n) is 5.79. The van der Waals surface area contributed by atoms with Crippen LogP contribution in [0.4, 0.5) is 5.69 Å². The molecule has 1 heterocycles. The molecule has 0 aliphatic rings. The molecule has 2 rings (SSSR count). The molecule has 0 bridgehead atoms. The first kappa shape index (κ1) is 20.4. The van der Waals surface area contributed by atoms with Gasteiger partial charge in [0.1, 0.15) is 5.76 Å². The molecule has 0 unspecified atom stereocenters. The summed E-state index contributed by atoms with van der Waals surface area (Å²) in [5, 5.41) is 6.76. The number of hydrogen-bond donors (Lipinski definition) is 1. The van der Waals surface area contributed by atoms with Crippen molar-refractivity contribution in [2.24, 2.45) is 0 Å². The van der Waals surface area contributed by atoms with E-state index in [1.54, 1.807) is 18.8 Å². The summed E-state index contributed by atoms with van der Waals surface area (Å²) in [5.74, 6) is 1.44. The Hall–Kier alpha value is -1.93. The number of aryl methyl sites for hydroxylation is 2.